The van der Waals surface area contributed by atoms with E-state index in [2.05, 4.69) is 10.3 Å². The quantitative estimate of drug-likeness (QED) is 0.553. The van der Waals surface area contributed by atoms with Crippen LogP contribution in [0.1, 0.15) is 21.5 Å². The van der Waals surface area contributed by atoms with Crippen molar-refractivity contribution in [3.8, 4) is 11.4 Å². The third kappa shape index (κ3) is 3.55. The van der Waals surface area contributed by atoms with Crippen molar-refractivity contribution in [1.29, 1.82) is 0 Å². The van der Waals surface area contributed by atoms with E-state index in [1.807, 2.05) is 80.6 Å². The second-order valence-electron chi connectivity index (χ2n) is 6.61. The van der Waals surface area contributed by atoms with Gasteiger partial charge in [-0.05, 0) is 56.3 Å². The lowest BCUT2D eigenvalue weighted by molar-refractivity contribution is 0.102. The highest BCUT2D eigenvalue weighted by Gasteiger charge is 2.15. The SMILES string of the molecule is Cc1ccc(NC(=O)c2cc(-c3ccccn3)nc3ccc(C)cc23)cc1. The molecule has 0 atom stereocenters. The molecule has 0 fully saturated rings. The van der Waals surface area contributed by atoms with Crippen molar-refractivity contribution in [1.82, 2.24) is 9.97 Å². The lowest BCUT2D eigenvalue weighted by atomic mass is 10.0. The largest absolute Gasteiger partial charge is 0.322 e. The molecular weight excluding hydrogens is 334 g/mol. The van der Waals surface area contributed by atoms with Crippen LogP contribution in [0.3, 0.4) is 0 Å². The molecule has 0 aliphatic rings. The van der Waals surface area contributed by atoms with Gasteiger partial charge in [-0.15, -0.1) is 0 Å². The minimum absolute atomic E-state index is 0.158. The Bertz CT molecular complexity index is 1120. The molecule has 27 heavy (non-hydrogen) atoms. The highest BCUT2D eigenvalue weighted by Crippen LogP contribution is 2.25. The van der Waals surface area contributed by atoms with E-state index in [1.54, 1.807) is 6.20 Å². The zero-order valence-electron chi connectivity index (χ0n) is 15.2. The number of amides is 1. The number of hydrogen-bond donors (Lipinski definition) is 1. The number of carbonyl (C=O) groups is 1. The molecule has 4 heteroatoms. The first kappa shape index (κ1) is 16.9. The summed E-state index contributed by atoms with van der Waals surface area (Å²) in [6, 6.07) is 21.2. The minimum atomic E-state index is -0.158. The van der Waals surface area contributed by atoms with Crippen LogP contribution in [0.25, 0.3) is 22.3 Å². The summed E-state index contributed by atoms with van der Waals surface area (Å²) in [5.41, 5.74) is 5.78. The molecule has 132 valence electrons. The summed E-state index contributed by atoms with van der Waals surface area (Å²) in [6.07, 6.45) is 1.72. The maximum atomic E-state index is 13.0. The van der Waals surface area contributed by atoms with Crippen molar-refractivity contribution in [2.24, 2.45) is 0 Å². The normalized spacial score (nSPS) is 10.7. The third-order valence-corrected chi connectivity index (χ3v) is 4.45. The fourth-order valence-corrected chi connectivity index (χ4v) is 3.01. The van der Waals surface area contributed by atoms with Gasteiger partial charge in [-0.1, -0.05) is 35.4 Å². The first-order valence-electron chi connectivity index (χ1n) is 8.81. The van der Waals surface area contributed by atoms with Crippen LogP contribution < -0.4 is 5.32 Å². The van der Waals surface area contributed by atoms with Crippen LogP contribution in [0.15, 0.2) is 72.9 Å². The number of fused-ring (bicyclic) bond motifs is 1. The van der Waals surface area contributed by atoms with Gasteiger partial charge in [-0.3, -0.25) is 9.78 Å². The minimum Gasteiger partial charge on any atom is -0.322 e. The summed E-state index contributed by atoms with van der Waals surface area (Å²) >= 11 is 0. The van der Waals surface area contributed by atoms with Crippen molar-refractivity contribution in [3.63, 3.8) is 0 Å². The van der Waals surface area contributed by atoms with Crippen molar-refractivity contribution in [3.05, 3.63) is 89.6 Å². The smallest absolute Gasteiger partial charge is 0.256 e. The predicted octanol–water partition coefficient (Wildman–Crippen LogP) is 5.17. The Morgan fingerprint density at radius 3 is 2.37 bits per heavy atom. The Labute approximate surface area is 157 Å². The number of hydrogen-bond acceptors (Lipinski definition) is 3. The lowest BCUT2D eigenvalue weighted by Crippen LogP contribution is -2.13. The summed E-state index contributed by atoms with van der Waals surface area (Å²) in [6.45, 7) is 4.03. The van der Waals surface area contributed by atoms with Crippen molar-refractivity contribution >= 4 is 22.5 Å². The van der Waals surface area contributed by atoms with E-state index in [1.165, 1.54) is 0 Å². The fraction of sp³-hybridized carbons (Fsp3) is 0.0870. The molecule has 0 bridgehead atoms. The lowest BCUT2D eigenvalue weighted by Gasteiger charge is -2.11. The van der Waals surface area contributed by atoms with E-state index in [-0.39, 0.29) is 5.91 Å². The number of aryl methyl sites for hydroxylation is 2. The monoisotopic (exact) mass is 353 g/mol. The number of pyridine rings is 2. The number of carbonyl (C=O) groups excluding carboxylic acids is 1. The van der Waals surface area contributed by atoms with Gasteiger partial charge in [-0.25, -0.2) is 4.98 Å². The molecule has 0 saturated heterocycles. The number of nitrogens with zero attached hydrogens (tertiary/aromatic N) is 2. The molecular formula is C23H19N3O. The van der Waals surface area contributed by atoms with Gasteiger partial charge in [-0.2, -0.15) is 0 Å². The molecule has 1 amide bonds. The van der Waals surface area contributed by atoms with Crippen molar-refractivity contribution < 1.29 is 4.79 Å². The van der Waals surface area contributed by atoms with E-state index < -0.39 is 0 Å². The van der Waals surface area contributed by atoms with Gasteiger partial charge in [0.05, 0.1) is 22.5 Å². The topological polar surface area (TPSA) is 54.9 Å². The average Bonchev–Trinajstić information content (AvgIpc) is 2.69. The van der Waals surface area contributed by atoms with Gasteiger partial charge >= 0.3 is 0 Å². The number of benzene rings is 2. The first-order chi connectivity index (χ1) is 13.1. The van der Waals surface area contributed by atoms with E-state index in [0.29, 0.717) is 11.3 Å². The van der Waals surface area contributed by atoms with Gasteiger partial charge in [0.1, 0.15) is 0 Å². The molecule has 0 aliphatic carbocycles. The van der Waals surface area contributed by atoms with E-state index in [9.17, 15) is 4.79 Å². The molecule has 0 saturated carbocycles. The summed E-state index contributed by atoms with van der Waals surface area (Å²) in [5, 5.41) is 3.82. The molecule has 0 spiro atoms. The van der Waals surface area contributed by atoms with Crippen molar-refractivity contribution in [2.75, 3.05) is 5.32 Å². The van der Waals surface area contributed by atoms with Crippen LogP contribution in [0.2, 0.25) is 0 Å². The number of anilines is 1. The molecule has 0 radical (unpaired) electrons. The average molecular weight is 353 g/mol. The summed E-state index contributed by atoms with van der Waals surface area (Å²) in [5.74, 6) is -0.158. The van der Waals surface area contributed by atoms with Gasteiger partial charge in [0.2, 0.25) is 0 Å². The zero-order chi connectivity index (χ0) is 18.8. The van der Waals surface area contributed by atoms with Gasteiger partial charge in [0.15, 0.2) is 0 Å². The Balaban J connectivity index is 1.82. The summed E-state index contributed by atoms with van der Waals surface area (Å²) in [7, 11) is 0. The molecule has 4 rings (SSSR count). The summed E-state index contributed by atoms with van der Waals surface area (Å²) < 4.78 is 0. The van der Waals surface area contributed by atoms with Crippen LogP contribution in [-0.4, -0.2) is 15.9 Å². The third-order valence-electron chi connectivity index (χ3n) is 4.45. The molecule has 0 unspecified atom stereocenters. The van der Waals surface area contributed by atoms with Crippen LogP contribution in [-0.2, 0) is 0 Å². The van der Waals surface area contributed by atoms with Crippen LogP contribution in [0, 0.1) is 13.8 Å². The molecule has 4 aromatic rings. The molecule has 2 aromatic heterocycles. The number of aromatic nitrogens is 2. The van der Waals surface area contributed by atoms with Crippen molar-refractivity contribution in [2.45, 2.75) is 13.8 Å². The Morgan fingerprint density at radius 2 is 1.63 bits per heavy atom. The van der Waals surface area contributed by atoms with E-state index in [0.717, 1.165) is 33.4 Å². The van der Waals surface area contributed by atoms with E-state index >= 15 is 0 Å². The molecule has 0 aliphatic heterocycles. The standard InChI is InChI=1S/C23H19N3O/c1-15-6-9-17(10-7-15)25-23(27)19-14-22(21-5-3-4-12-24-21)26-20-11-8-16(2)13-18(19)20/h3-14H,1-2H3,(H,25,27). The Morgan fingerprint density at radius 1 is 0.852 bits per heavy atom. The fourth-order valence-electron chi connectivity index (χ4n) is 3.01. The summed E-state index contributed by atoms with van der Waals surface area (Å²) in [4.78, 5) is 22.1. The van der Waals surface area contributed by atoms with E-state index in [4.69, 9.17) is 4.98 Å². The first-order valence-corrected chi connectivity index (χ1v) is 8.81. The number of rotatable bonds is 3. The Hall–Kier alpha value is -3.53. The van der Waals surface area contributed by atoms with Crippen LogP contribution >= 0.6 is 0 Å². The molecule has 4 nitrogen and oxygen atoms in total. The Kier molecular flexibility index (Phi) is 4.38. The molecule has 2 aromatic carbocycles. The zero-order valence-corrected chi connectivity index (χ0v) is 15.2. The second kappa shape index (κ2) is 7.00. The molecule has 2 heterocycles. The maximum absolute atomic E-state index is 13.0. The van der Waals surface area contributed by atoms with Gasteiger partial charge in [0.25, 0.3) is 5.91 Å². The van der Waals surface area contributed by atoms with Crippen LogP contribution in [0.5, 0.6) is 0 Å². The highest BCUT2D eigenvalue weighted by molar-refractivity contribution is 6.13. The van der Waals surface area contributed by atoms with Gasteiger partial charge < -0.3 is 5.32 Å². The maximum Gasteiger partial charge on any atom is 0.256 e. The predicted molar refractivity (Wildman–Crippen MR) is 109 cm³/mol. The highest BCUT2D eigenvalue weighted by atomic mass is 16.1. The molecule has 1 N–H and O–H groups in total. The second-order valence-corrected chi connectivity index (χ2v) is 6.61. The number of nitrogens with one attached hydrogen (secondary N) is 1. The van der Waals surface area contributed by atoms with Crippen LogP contribution in [0.4, 0.5) is 5.69 Å². The van der Waals surface area contributed by atoms with Gasteiger partial charge in [0, 0.05) is 17.3 Å².